The third-order valence-electron chi connectivity index (χ3n) is 3.33. The predicted octanol–water partition coefficient (Wildman–Crippen LogP) is 3.43. The molecule has 0 unspecified atom stereocenters. The molecule has 2 aromatic carbocycles. The fourth-order valence-corrected chi connectivity index (χ4v) is 3.45. The maximum absolute atomic E-state index is 13.0. The van der Waals surface area contributed by atoms with Crippen LogP contribution in [-0.4, -0.2) is 28.0 Å². The summed E-state index contributed by atoms with van der Waals surface area (Å²) in [7, 11) is 2.29. The van der Waals surface area contributed by atoms with Crippen molar-refractivity contribution in [2.45, 2.75) is 12.1 Å². The van der Waals surface area contributed by atoms with Crippen LogP contribution in [0.4, 0.5) is 0 Å². The lowest BCUT2D eigenvalue weighted by molar-refractivity contribution is 0.210. The molecule has 0 aliphatic carbocycles. The molecule has 0 aromatic heterocycles. The van der Waals surface area contributed by atoms with Gasteiger partial charge in [-0.1, -0.05) is 48.5 Å². The fourth-order valence-electron chi connectivity index (χ4n) is 2.17. The summed E-state index contributed by atoms with van der Waals surface area (Å²) in [4.78, 5) is 0. The first-order valence-electron chi connectivity index (χ1n) is 7.47. The molecule has 23 heavy (non-hydrogen) atoms. The van der Waals surface area contributed by atoms with Gasteiger partial charge in [-0.15, -0.1) is 0 Å². The largest absolute Gasteiger partial charge is 0.587 e. The topological polar surface area (TPSA) is 44.8 Å². The highest BCUT2D eigenvalue weighted by Gasteiger charge is 2.32. The summed E-state index contributed by atoms with van der Waals surface area (Å²) >= 11 is 0. The van der Waals surface area contributed by atoms with Gasteiger partial charge < -0.3 is 9.05 Å². The lowest BCUT2D eigenvalue weighted by atomic mass is 9.25. The number of hydrogen-bond donors (Lipinski definition) is 0. The van der Waals surface area contributed by atoms with Gasteiger partial charge in [0.15, 0.2) is 0 Å². The third-order valence-corrected chi connectivity index (χ3v) is 4.66. The van der Waals surface area contributed by atoms with E-state index < -0.39 is 7.82 Å². The third kappa shape index (κ3) is 4.95. The maximum atomic E-state index is 13.0. The van der Waals surface area contributed by atoms with Crippen molar-refractivity contribution in [1.82, 2.24) is 0 Å². The van der Waals surface area contributed by atoms with Crippen LogP contribution >= 0.6 is 7.82 Å². The van der Waals surface area contributed by atoms with E-state index in [4.69, 9.17) is 13.6 Å². The quantitative estimate of drug-likeness (QED) is 0.578. The Hall–Kier alpha value is -1.58. The van der Waals surface area contributed by atoms with Gasteiger partial charge in [-0.05, 0) is 24.3 Å². The fraction of sp³-hybridized carbons (Fsp3) is 0.200. The zero-order chi connectivity index (χ0) is 16.0. The van der Waals surface area contributed by atoms with Gasteiger partial charge in [-0.3, -0.25) is 4.52 Å². The molecular weight excluding hydrogens is 308 g/mol. The van der Waals surface area contributed by atoms with E-state index in [0.29, 0.717) is 11.5 Å². The molecule has 1 saturated heterocycles. The molecule has 4 nitrogen and oxygen atoms in total. The molecule has 8 heteroatoms. The summed E-state index contributed by atoms with van der Waals surface area (Å²) in [6, 6.07) is 17.8. The molecule has 1 aliphatic rings. The summed E-state index contributed by atoms with van der Waals surface area (Å²) in [5, 5.41) is 0. The van der Waals surface area contributed by atoms with Crippen molar-refractivity contribution in [3.63, 3.8) is 0 Å². The van der Waals surface area contributed by atoms with Gasteiger partial charge in [0.2, 0.25) is 0 Å². The van der Waals surface area contributed by atoms with Crippen LogP contribution in [0.5, 0.6) is 11.5 Å². The molecule has 0 saturated carbocycles. The summed E-state index contributed by atoms with van der Waals surface area (Å²) in [6.45, 7) is 0.282. The van der Waals surface area contributed by atoms with E-state index >= 15 is 0 Å². The molecule has 0 bridgehead atoms. The molecule has 0 amide bonds. The normalized spacial score (nSPS) is 16.8. The minimum absolute atomic E-state index is 0.196. The predicted molar refractivity (Wildman–Crippen MR) is 93.5 cm³/mol. The SMILES string of the molecule is O=P(OC[C@@H]1[B][B][B]C1)(Oc1ccccc1)Oc1ccccc1. The lowest BCUT2D eigenvalue weighted by Crippen LogP contribution is -2.11. The average Bonchev–Trinajstić information content (AvgIpc) is 3.08. The summed E-state index contributed by atoms with van der Waals surface area (Å²) in [5.41, 5.74) is 0. The van der Waals surface area contributed by atoms with E-state index in [1.54, 1.807) is 48.5 Å². The van der Waals surface area contributed by atoms with Crippen LogP contribution in [0.3, 0.4) is 0 Å². The van der Waals surface area contributed by atoms with Gasteiger partial charge in [0.05, 0.1) is 20.9 Å². The number of para-hydroxylation sites is 2. The van der Waals surface area contributed by atoms with E-state index in [0.717, 1.165) is 6.32 Å². The summed E-state index contributed by atoms with van der Waals surface area (Å²) in [6.07, 6.45) is 0.872. The van der Waals surface area contributed by atoms with Crippen LogP contribution in [0.25, 0.3) is 0 Å². The number of phosphoric ester groups is 1. The highest BCUT2D eigenvalue weighted by Crippen LogP contribution is 2.50. The monoisotopic (exact) mass is 323 g/mol. The van der Waals surface area contributed by atoms with E-state index in [-0.39, 0.29) is 12.4 Å². The molecule has 1 fully saturated rings. The Balaban J connectivity index is 1.72. The first kappa shape index (κ1) is 16.3. The van der Waals surface area contributed by atoms with Crippen molar-refractivity contribution in [2.75, 3.05) is 6.61 Å². The Kier molecular flexibility index (Phi) is 5.53. The molecule has 1 aliphatic heterocycles. The highest BCUT2D eigenvalue weighted by molar-refractivity contribution is 7.49. The molecule has 1 atom stereocenters. The average molecular weight is 323 g/mol. The lowest BCUT2D eigenvalue weighted by Gasteiger charge is -2.20. The molecule has 0 N–H and O–H groups in total. The van der Waals surface area contributed by atoms with Gasteiger partial charge >= 0.3 is 7.82 Å². The summed E-state index contributed by atoms with van der Waals surface area (Å²) in [5.74, 6) is 1.09. The molecule has 3 radical (unpaired) electrons. The smallest absolute Gasteiger partial charge is 0.395 e. The van der Waals surface area contributed by atoms with Gasteiger partial charge in [0.25, 0.3) is 0 Å². The number of hydrogen-bond acceptors (Lipinski definition) is 4. The number of benzene rings is 2. The Morgan fingerprint density at radius 1 is 0.957 bits per heavy atom. The molecule has 3 rings (SSSR count). The molecule has 0 spiro atoms. The van der Waals surface area contributed by atoms with Crippen molar-refractivity contribution >= 4 is 29.2 Å². The maximum Gasteiger partial charge on any atom is 0.587 e. The standard InChI is InChI=1S/C15H15B3O4P/c19-23(20-12-13-11-16-18-17-13,21-14-7-3-1-4-8-14)22-15-9-5-2-6-10-15/h1-10,13H,11-12H2/t13-/m1/s1. The highest BCUT2D eigenvalue weighted by atomic mass is 31.2. The van der Waals surface area contributed by atoms with Crippen LogP contribution in [0, 0.1) is 0 Å². The van der Waals surface area contributed by atoms with Crippen molar-refractivity contribution in [2.24, 2.45) is 0 Å². The Morgan fingerprint density at radius 2 is 1.52 bits per heavy atom. The Bertz CT molecular complexity index is 605. The number of rotatable bonds is 7. The van der Waals surface area contributed by atoms with Gasteiger partial charge in [-0.25, -0.2) is 4.57 Å². The first-order valence-corrected chi connectivity index (χ1v) is 8.93. The van der Waals surface area contributed by atoms with Gasteiger partial charge in [0.1, 0.15) is 11.5 Å². The van der Waals surface area contributed by atoms with Crippen molar-refractivity contribution in [1.29, 1.82) is 0 Å². The van der Waals surface area contributed by atoms with E-state index in [1.807, 2.05) is 26.4 Å². The van der Waals surface area contributed by atoms with E-state index in [1.165, 1.54) is 0 Å². The molecule has 2 aromatic rings. The first-order chi connectivity index (χ1) is 11.2. The zero-order valence-corrected chi connectivity index (χ0v) is 13.5. The van der Waals surface area contributed by atoms with Crippen molar-refractivity contribution < 1.29 is 18.1 Å². The van der Waals surface area contributed by atoms with Gasteiger partial charge in [-0.2, -0.15) is 0 Å². The van der Waals surface area contributed by atoms with Crippen molar-refractivity contribution in [3.05, 3.63) is 60.7 Å². The molecule has 113 valence electrons. The second-order valence-electron chi connectivity index (χ2n) is 5.17. The van der Waals surface area contributed by atoms with Gasteiger partial charge in [0, 0.05) is 7.06 Å². The second-order valence-corrected chi connectivity index (χ2v) is 6.69. The second kappa shape index (κ2) is 7.80. The minimum Gasteiger partial charge on any atom is -0.395 e. The van der Waals surface area contributed by atoms with E-state index in [9.17, 15) is 4.57 Å². The zero-order valence-electron chi connectivity index (χ0n) is 12.6. The number of phosphoric acid groups is 1. The van der Waals surface area contributed by atoms with Crippen LogP contribution < -0.4 is 9.05 Å². The minimum atomic E-state index is -3.76. The Labute approximate surface area is 138 Å². The van der Waals surface area contributed by atoms with E-state index in [2.05, 4.69) is 7.17 Å². The molecular formula is C15H15B3O4P. The van der Waals surface area contributed by atoms with Crippen LogP contribution in [0.2, 0.25) is 12.1 Å². The Morgan fingerprint density at radius 3 is 2.00 bits per heavy atom. The van der Waals surface area contributed by atoms with Crippen LogP contribution in [0.1, 0.15) is 0 Å². The van der Waals surface area contributed by atoms with Crippen molar-refractivity contribution in [3.8, 4) is 11.5 Å². The summed E-state index contributed by atoms with van der Waals surface area (Å²) < 4.78 is 29.7. The molecule has 1 heterocycles. The van der Waals surface area contributed by atoms with Crippen LogP contribution in [-0.2, 0) is 9.09 Å². The van der Waals surface area contributed by atoms with Crippen LogP contribution in [0.15, 0.2) is 60.7 Å².